The zero-order chi connectivity index (χ0) is 17.6. The van der Waals surface area contributed by atoms with Crippen molar-refractivity contribution in [1.82, 2.24) is 10.2 Å². The average molecular weight is 345 g/mol. The van der Waals surface area contributed by atoms with Gasteiger partial charge in [-0.1, -0.05) is 12.1 Å². The molecule has 2 rings (SSSR count). The van der Waals surface area contributed by atoms with Crippen LogP contribution in [0, 0.1) is 11.3 Å². The molecule has 1 aliphatic heterocycles. The zero-order valence-electron chi connectivity index (χ0n) is 14.1. The summed E-state index contributed by atoms with van der Waals surface area (Å²) >= 11 is 0. The Labute approximate surface area is 145 Å². The summed E-state index contributed by atoms with van der Waals surface area (Å²) in [5.41, 5.74) is 1.22. The molecule has 0 radical (unpaired) electrons. The van der Waals surface area contributed by atoms with E-state index in [1.54, 1.807) is 24.3 Å². The molecule has 1 aromatic rings. The van der Waals surface area contributed by atoms with E-state index < -0.39 is 10.8 Å². The van der Waals surface area contributed by atoms with Crippen LogP contribution in [0.15, 0.2) is 30.3 Å². The first-order chi connectivity index (χ1) is 11.4. The lowest BCUT2D eigenvalue weighted by atomic mass is 10.0. The summed E-state index contributed by atoms with van der Waals surface area (Å²) in [6.45, 7) is 6.29. The number of carbonyl (C=O) groups excluding carboxylic acids is 1. The van der Waals surface area contributed by atoms with E-state index in [9.17, 15) is 9.00 Å². The number of amides is 1. The van der Waals surface area contributed by atoms with Gasteiger partial charge in [-0.15, -0.1) is 0 Å². The van der Waals surface area contributed by atoms with Crippen LogP contribution in [0.1, 0.15) is 25.0 Å². The molecule has 0 aromatic heterocycles. The average Bonchev–Trinajstić information content (AvgIpc) is 2.59. The van der Waals surface area contributed by atoms with Crippen LogP contribution < -0.4 is 5.32 Å². The van der Waals surface area contributed by atoms with Crippen molar-refractivity contribution < 1.29 is 9.00 Å². The van der Waals surface area contributed by atoms with E-state index in [-0.39, 0.29) is 11.4 Å². The number of rotatable bonds is 5. The standard InChI is InChI=1S/C18H23N3O2S/c1-18(2,21-8-10-24(23)11-9-21)14-20-17(22)7-6-15-4-3-5-16(12-15)13-19/h3-7,12H,8-11,14H2,1-2H3,(H,20,22). The molecule has 1 amide bonds. The normalized spacial score (nSPS) is 16.9. The summed E-state index contributed by atoms with van der Waals surface area (Å²) in [4.78, 5) is 14.3. The molecule has 1 aliphatic rings. The quantitative estimate of drug-likeness (QED) is 0.822. The molecule has 24 heavy (non-hydrogen) atoms. The number of hydrogen-bond acceptors (Lipinski definition) is 4. The van der Waals surface area contributed by atoms with Crippen molar-refractivity contribution >= 4 is 22.8 Å². The molecule has 0 spiro atoms. The van der Waals surface area contributed by atoms with Crippen LogP contribution in [0.4, 0.5) is 0 Å². The van der Waals surface area contributed by atoms with Gasteiger partial charge >= 0.3 is 0 Å². The van der Waals surface area contributed by atoms with Gasteiger partial charge in [0.05, 0.1) is 11.6 Å². The van der Waals surface area contributed by atoms with Crippen LogP contribution in [-0.2, 0) is 15.6 Å². The highest BCUT2D eigenvalue weighted by Gasteiger charge is 2.29. The second kappa shape index (κ2) is 8.22. The second-order valence-electron chi connectivity index (χ2n) is 6.44. The molecule has 5 nitrogen and oxygen atoms in total. The van der Waals surface area contributed by atoms with Crippen molar-refractivity contribution in [1.29, 1.82) is 5.26 Å². The Hall–Kier alpha value is -1.97. The Morgan fingerprint density at radius 1 is 1.42 bits per heavy atom. The molecule has 0 unspecified atom stereocenters. The molecule has 1 heterocycles. The van der Waals surface area contributed by atoms with Gasteiger partial charge in [-0.2, -0.15) is 5.26 Å². The Morgan fingerprint density at radius 3 is 2.79 bits per heavy atom. The first-order valence-corrected chi connectivity index (χ1v) is 9.46. The topological polar surface area (TPSA) is 73.2 Å². The molecule has 1 fully saturated rings. The van der Waals surface area contributed by atoms with Gasteiger partial charge in [0.1, 0.15) is 0 Å². The number of hydrogen-bond donors (Lipinski definition) is 1. The molecule has 1 aromatic carbocycles. The Morgan fingerprint density at radius 2 is 2.12 bits per heavy atom. The molecule has 0 atom stereocenters. The minimum atomic E-state index is -0.699. The molecular weight excluding hydrogens is 322 g/mol. The second-order valence-corrected chi connectivity index (χ2v) is 8.13. The van der Waals surface area contributed by atoms with Crippen LogP contribution in [0.2, 0.25) is 0 Å². The molecule has 1 N–H and O–H groups in total. The molecule has 128 valence electrons. The molecule has 0 aliphatic carbocycles. The SMILES string of the molecule is CC(C)(CNC(=O)C=Cc1cccc(C#N)c1)N1CCS(=O)CC1. The molecular formula is C18H23N3O2S. The summed E-state index contributed by atoms with van der Waals surface area (Å²) in [6.07, 6.45) is 3.19. The Balaban J connectivity index is 1.86. The van der Waals surface area contributed by atoms with Crippen LogP contribution >= 0.6 is 0 Å². The van der Waals surface area contributed by atoms with E-state index >= 15 is 0 Å². The first-order valence-electron chi connectivity index (χ1n) is 7.97. The van der Waals surface area contributed by atoms with Crippen molar-refractivity contribution in [3.05, 3.63) is 41.5 Å². The van der Waals surface area contributed by atoms with E-state index in [4.69, 9.17) is 5.26 Å². The highest BCUT2D eigenvalue weighted by Crippen LogP contribution is 2.16. The summed E-state index contributed by atoms with van der Waals surface area (Å²) < 4.78 is 11.5. The number of nitrogens with one attached hydrogen (secondary N) is 1. The largest absolute Gasteiger partial charge is 0.351 e. The molecule has 6 heteroatoms. The zero-order valence-corrected chi connectivity index (χ0v) is 14.9. The lowest BCUT2D eigenvalue weighted by Gasteiger charge is -2.40. The third kappa shape index (κ3) is 5.29. The van der Waals surface area contributed by atoms with Gasteiger partial charge in [0, 0.05) is 53.6 Å². The maximum atomic E-state index is 12.0. The van der Waals surface area contributed by atoms with E-state index in [1.165, 1.54) is 6.08 Å². The van der Waals surface area contributed by atoms with Crippen molar-refractivity contribution in [3.8, 4) is 6.07 Å². The summed E-state index contributed by atoms with van der Waals surface area (Å²) in [5.74, 6) is 1.24. The van der Waals surface area contributed by atoms with E-state index in [2.05, 4.69) is 30.1 Å². The van der Waals surface area contributed by atoms with Crippen LogP contribution in [-0.4, -0.2) is 51.7 Å². The Bertz CT molecular complexity index is 682. The number of carbonyl (C=O) groups is 1. The highest BCUT2D eigenvalue weighted by atomic mass is 32.2. The lowest BCUT2D eigenvalue weighted by molar-refractivity contribution is -0.117. The van der Waals surface area contributed by atoms with E-state index in [0.717, 1.165) is 18.7 Å². The van der Waals surface area contributed by atoms with Gasteiger partial charge in [-0.05, 0) is 37.6 Å². The predicted molar refractivity (Wildman–Crippen MR) is 96.7 cm³/mol. The number of nitriles is 1. The minimum absolute atomic E-state index is 0.161. The maximum absolute atomic E-state index is 12.0. The Kier molecular flexibility index (Phi) is 6.29. The van der Waals surface area contributed by atoms with Crippen molar-refractivity contribution in [2.45, 2.75) is 19.4 Å². The highest BCUT2D eigenvalue weighted by molar-refractivity contribution is 7.85. The maximum Gasteiger partial charge on any atom is 0.244 e. The van der Waals surface area contributed by atoms with Gasteiger partial charge in [0.2, 0.25) is 5.91 Å². The molecule has 0 bridgehead atoms. The van der Waals surface area contributed by atoms with Gasteiger partial charge in [-0.3, -0.25) is 13.9 Å². The van der Waals surface area contributed by atoms with Gasteiger partial charge in [0.15, 0.2) is 0 Å². The van der Waals surface area contributed by atoms with Gasteiger partial charge in [0.25, 0.3) is 0 Å². The van der Waals surface area contributed by atoms with Crippen molar-refractivity contribution in [2.24, 2.45) is 0 Å². The van der Waals surface area contributed by atoms with Gasteiger partial charge < -0.3 is 5.32 Å². The monoisotopic (exact) mass is 345 g/mol. The number of nitrogens with zero attached hydrogens (tertiary/aromatic N) is 2. The summed E-state index contributed by atoms with van der Waals surface area (Å²) in [6, 6.07) is 9.18. The number of benzene rings is 1. The van der Waals surface area contributed by atoms with E-state index in [0.29, 0.717) is 23.6 Å². The lowest BCUT2D eigenvalue weighted by Crippen LogP contribution is -2.55. The fraction of sp³-hybridized carbons (Fsp3) is 0.444. The van der Waals surface area contributed by atoms with Crippen LogP contribution in [0.25, 0.3) is 6.08 Å². The first kappa shape index (κ1) is 18.4. The smallest absolute Gasteiger partial charge is 0.244 e. The molecule has 0 saturated carbocycles. The fourth-order valence-corrected chi connectivity index (χ4v) is 3.65. The molecule has 1 saturated heterocycles. The summed E-state index contributed by atoms with van der Waals surface area (Å²) in [5, 5.41) is 11.8. The van der Waals surface area contributed by atoms with Crippen LogP contribution in [0.5, 0.6) is 0 Å². The third-order valence-corrected chi connectivity index (χ3v) is 5.45. The summed E-state index contributed by atoms with van der Waals surface area (Å²) in [7, 11) is -0.699. The predicted octanol–water partition coefficient (Wildman–Crippen LogP) is 1.53. The van der Waals surface area contributed by atoms with Crippen molar-refractivity contribution in [3.63, 3.8) is 0 Å². The van der Waals surface area contributed by atoms with Gasteiger partial charge in [-0.25, -0.2) is 0 Å². The third-order valence-electron chi connectivity index (χ3n) is 4.17. The van der Waals surface area contributed by atoms with Crippen LogP contribution in [0.3, 0.4) is 0 Å². The van der Waals surface area contributed by atoms with Crippen molar-refractivity contribution in [2.75, 3.05) is 31.1 Å². The van der Waals surface area contributed by atoms with E-state index in [1.807, 2.05) is 6.07 Å². The fourth-order valence-electron chi connectivity index (χ4n) is 2.60. The minimum Gasteiger partial charge on any atom is -0.351 e.